The van der Waals surface area contributed by atoms with Crippen LogP contribution in [-0.2, 0) is 15.3 Å². The van der Waals surface area contributed by atoms with Gasteiger partial charge in [0.15, 0.2) is 5.69 Å². The summed E-state index contributed by atoms with van der Waals surface area (Å²) in [5.41, 5.74) is 1.32. The van der Waals surface area contributed by atoms with Crippen LogP contribution in [-0.4, -0.2) is 42.3 Å². The van der Waals surface area contributed by atoms with Gasteiger partial charge in [0.1, 0.15) is 12.3 Å². The number of thioether (sulfide) groups is 1. The van der Waals surface area contributed by atoms with Gasteiger partial charge >= 0.3 is 5.97 Å². The molecule has 27 heavy (non-hydrogen) atoms. The minimum atomic E-state index is -0.749. The maximum Gasteiger partial charge on any atom is 0.329 e. The van der Waals surface area contributed by atoms with Crippen LogP contribution in [0.3, 0.4) is 0 Å². The van der Waals surface area contributed by atoms with Crippen molar-refractivity contribution in [3.8, 4) is 0 Å². The largest absolute Gasteiger partial charge is 0.467 e. The van der Waals surface area contributed by atoms with Crippen LogP contribution in [0.5, 0.6) is 0 Å². The van der Waals surface area contributed by atoms with Crippen molar-refractivity contribution in [3.63, 3.8) is 0 Å². The number of nitrogens with zero attached hydrogens (tertiary/aromatic N) is 1. The highest BCUT2D eigenvalue weighted by atomic mass is 32.2. The molecule has 0 aliphatic carbocycles. The fraction of sp³-hybridized carbons (Fsp3) is 0.421. The van der Waals surface area contributed by atoms with E-state index in [0.29, 0.717) is 11.6 Å². The molecule has 8 heteroatoms. The predicted octanol–water partition coefficient (Wildman–Crippen LogP) is 2.30. The first-order valence-electron chi connectivity index (χ1n) is 8.86. The zero-order valence-corrected chi connectivity index (χ0v) is 16.0. The third-order valence-corrected chi connectivity index (χ3v) is 5.41. The highest BCUT2D eigenvalue weighted by molar-refractivity contribution is 7.98. The van der Waals surface area contributed by atoms with E-state index in [1.807, 2.05) is 30.3 Å². The molecular formula is C19H23N3O4S. The Morgan fingerprint density at radius 2 is 2.22 bits per heavy atom. The third-order valence-electron chi connectivity index (χ3n) is 4.30. The summed E-state index contributed by atoms with van der Waals surface area (Å²) in [6.45, 7) is 0.914. The van der Waals surface area contributed by atoms with Crippen molar-refractivity contribution >= 4 is 23.6 Å². The second kappa shape index (κ2) is 9.57. The van der Waals surface area contributed by atoms with E-state index in [2.05, 4.69) is 15.6 Å². The van der Waals surface area contributed by atoms with E-state index in [1.54, 1.807) is 11.8 Å². The Bertz CT molecular complexity index is 759. The average molecular weight is 389 g/mol. The minimum Gasteiger partial charge on any atom is -0.467 e. The predicted molar refractivity (Wildman–Crippen MR) is 102 cm³/mol. The molecule has 0 spiro atoms. The molecule has 1 saturated heterocycles. The van der Waals surface area contributed by atoms with Crippen molar-refractivity contribution in [2.24, 2.45) is 0 Å². The molecule has 2 aromatic rings. The summed E-state index contributed by atoms with van der Waals surface area (Å²) in [6.07, 6.45) is 3.32. The van der Waals surface area contributed by atoms with Gasteiger partial charge in [-0.2, -0.15) is 11.8 Å². The highest BCUT2D eigenvalue weighted by Crippen LogP contribution is 2.22. The minimum absolute atomic E-state index is 0.0457. The molecule has 1 fully saturated rings. The van der Waals surface area contributed by atoms with Crippen molar-refractivity contribution in [1.29, 1.82) is 0 Å². The maximum absolute atomic E-state index is 12.5. The number of ether oxygens (including phenoxy) is 1. The number of carbonyl (C=O) groups excluding carboxylic acids is 2. The number of rotatable bonds is 8. The Kier molecular flexibility index (Phi) is 6.89. The smallest absolute Gasteiger partial charge is 0.329 e. The second-order valence-corrected chi connectivity index (χ2v) is 7.30. The van der Waals surface area contributed by atoms with Gasteiger partial charge in [0.25, 0.3) is 5.91 Å². The molecule has 0 bridgehead atoms. The van der Waals surface area contributed by atoms with Gasteiger partial charge in [-0.05, 0) is 24.9 Å². The number of nitrogens with one attached hydrogen (secondary N) is 2. The lowest BCUT2D eigenvalue weighted by Gasteiger charge is -2.15. The number of carbonyl (C=O) groups is 2. The van der Waals surface area contributed by atoms with Gasteiger partial charge in [0, 0.05) is 11.5 Å². The summed E-state index contributed by atoms with van der Waals surface area (Å²) in [4.78, 5) is 28.8. The number of esters is 1. The van der Waals surface area contributed by atoms with Crippen molar-refractivity contribution in [1.82, 2.24) is 15.6 Å². The van der Waals surface area contributed by atoms with Gasteiger partial charge in [-0.25, -0.2) is 9.78 Å². The topological polar surface area (TPSA) is 93.5 Å². The molecule has 144 valence electrons. The molecule has 2 N–H and O–H groups in total. The van der Waals surface area contributed by atoms with E-state index in [1.165, 1.54) is 13.4 Å². The first-order valence-corrected chi connectivity index (χ1v) is 10.0. The molecule has 2 atom stereocenters. The van der Waals surface area contributed by atoms with E-state index in [0.717, 1.165) is 30.7 Å². The SMILES string of the molecule is COC(=O)C(CSCc1ccccc1)NC(=O)c1coc(C2CCCN2)n1. The zero-order valence-electron chi connectivity index (χ0n) is 15.1. The lowest BCUT2D eigenvalue weighted by molar-refractivity contribution is -0.142. The number of aromatic nitrogens is 1. The Labute approximate surface area is 162 Å². The third kappa shape index (κ3) is 5.33. The Hall–Kier alpha value is -2.32. The van der Waals surface area contributed by atoms with Crippen LogP contribution in [0, 0.1) is 0 Å². The monoisotopic (exact) mass is 389 g/mol. The van der Waals surface area contributed by atoms with Crippen LogP contribution < -0.4 is 10.6 Å². The van der Waals surface area contributed by atoms with Crippen LogP contribution in [0.25, 0.3) is 0 Å². The summed E-state index contributed by atoms with van der Waals surface area (Å²) in [6, 6.07) is 9.23. The number of benzene rings is 1. The van der Waals surface area contributed by atoms with Crippen molar-refractivity contribution in [2.75, 3.05) is 19.4 Å². The Morgan fingerprint density at radius 3 is 2.93 bits per heavy atom. The molecule has 1 aliphatic rings. The normalized spacial score (nSPS) is 17.4. The first kappa shape index (κ1) is 19.4. The molecule has 2 unspecified atom stereocenters. The van der Waals surface area contributed by atoms with Crippen LogP contribution in [0.1, 0.15) is 40.8 Å². The van der Waals surface area contributed by atoms with E-state index < -0.39 is 17.9 Å². The van der Waals surface area contributed by atoms with Gasteiger partial charge in [-0.3, -0.25) is 4.79 Å². The second-order valence-electron chi connectivity index (χ2n) is 6.27. The summed E-state index contributed by atoms with van der Waals surface area (Å²) in [7, 11) is 1.31. The lowest BCUT2D eigenvalue weighted by Crippen LogP contribution is -2.43. The molecule has 1 amide bonds. The number of hydrogen-bond donors (Lipinski definition) is 2. The van der Waals surface area contributed by atoms with Crippen LogP contribution in [0.4, 0.5) is 0 Å². The summed E-state index contributed by atoms with van der Waals surface area (Å²) < 4.78 is 10.2. The molecule has 1 aromatic carbocycles. The molecule has 0 saturated carbocycles. The number of amides is 1. The molecule has 0 radical (unpaired) electrons. The van der Waals surface area contributed by atoms with E-state index in [4.69, 9.17) is 9.15 Å². The van der Waals surface area contributed by atoms with Crippen molar-refractivity contribution in [3.05, 3.63) is 53.7 Å². The van der Waals surface area contributed by atoms with E-state index in [9.17, 15) is 9.59 Å². The van der Waals surface area contributed by atoms with Crippen molar-refractivity contribution in [2.45, 2.75) is 30.7 Å². The first-order chi connectivity index (χ1) is 13.2. The molecule has 7 nitrogen and oxygen atoms in total. The van der Waals surface area contributed by atoms with Crippen LogP contribution in [0.2, 0.25) is 0 Å². The molecular weight excluding hydrogens is 366 g/mol. The maximum atomic E-state index is 12.5. The Morgan fingerprint density at radius 1 is 1.41 bits per heavy atom. The standard InChI is InChI=1S/C19H23N3O4S/c1-25-19(24)16(12-27-11-13-6-3-2-4-7-13)21-17(23)15-10-26-18(22-15)14-8-5-9-20-14/h2-4,6-7,10,14,16,20H,5,8-9,11-12H2,1H3,(H,21,23). The lowest BCUT2D eigenvalue weighted by atomic mass is 10.2. The number of methoxy groups -OCH3 is 1. The number of hydrogen-bond acceptors (Lipinski definition) is 7. The highest BCUT2D eigenvalue weighted by Gasteiger charge is 2.26. The van der Waals surface area contributed by atoms with Crippen molar-refractivity contribution < 1.29 is 18.7 Å². The fourth-order valence-electron chi connectivity index (χ4n) is 2.86. The van der Waals surface area contributed by atoms with Crippen LogP contribution >= 0.6 is 11.8 Å². The average Bonchev–Trinajstić information content (AvgIpc) is 3.38. The van der Waals surface area contributed by atoms with Crippen LogP contribution in [0.15, 0.2) is 41.0 Å². The van der Waals surface area contributed by atoms with E-state index >= 15 is 0 Å². The molecule has 3 rings (SSSR count). The molecule has 1 aromatic heterocycles. The zero-order chi connectivity index (χ0) is 19.1. The molecule has 1 aliphatic heterocycles. The van der Waals surface area contributed by atoms with Gasteiger partial charge < -0.3 is 19.8 Å². The fourth-order valence-corrected chi connectivity index (χ4v) is 3.86. The quantitative estimate of drug-likeness (QED) is 0.669. The molecule has 2 heterocycles. The number of oxazole rings is 1. The summed E-state index contributed by atoms with van der Waals surface area (Å²) >= 11 is 1.55. The Balaban J connectivity index is 1.56. The summed E-state index contributed by atoms with van der Waals surface area (Å²) in [5, 5.41) is 5.97. The van der Waals surface area contributed by atoms with Gasteiger partial charge in [0.2, 0.25) is 5.89 Å². The van der Waals surface area contributed by atoms with Gasteiger partial charge in [-0.15, -0.1) is 0 Å². The van der Waals surface area contributed by atoms with Gasteiger partial charge in [-0.1, -0.05) is 30.3 Å². The van der Waals surface area contributed by atoms with E-state index in [-0.39, 0.29) is 11.7 Å². The summed E-state index contributed by atoms with van der Waals surface area (Å²) in [5.74, 6) is 0.725. The van der Waals surface area contributed by atoms with Gasteiger partial charge in [0.05, 0.1) is 13.2 Å².